The van der Waals surface area contributed by atoms with Crippen molar-refractivity contribution in [3.63, 3.8) is 0 Å². The molecule has 0 saturated heterocycles. The van der Waals surface area contributed by atoms with Crippen LogP contribution in [0.3, 0.4) is 0 Å². The second kappa shape index (κ2) is 9.88. The van der Waals surface area contributed by atoms with E-state index in [0.29, 0.717) is 6.29 Å². The van der Waals surface area contributed by atoms with Gasteiger partial charge in [-0.2, -0.15) is 0 Å². The molecular formula is C23H25N3O5. The topological polar surface area (TPSA) is 114 Å². The zero-order chi connectivity index (χ0) is 22.4. The molecule has 2 aromatic carbocycles. The number of benzene rings is 2. The van der Waals surface area contributed by atoms with Crippen LogP contribution in [-0.4, -0.2) is 49.4 Å². The number of fused-ring (bicyclic) bond motifs is 3. The fourth-order valence-corrected chi connectivity index (χ4v) is 3.58. The molecule has 162 valence electrons. The lowest BCUT2D eigenvalue weighted by Gasteiger charge is -2.19. The van der Waals surface area contributed by atoms with Gasteiger partial charge in [0.1, 0.15) is 25.0 Å². The average molecular weight is 423 g/mol. The van der Waals surface area contributed by atoms with Crippen LogP contribution < -0.4 is 16.0 Å². The van der Waals surface area contributed by atoms with Crippen LogP contribution in [0.4, 0.5) is 4.79 Å². The lowest BCUT2D eigenvalue weighted by atomic mass is 9.98. The SMILES string of the molecule is C[C@H](NC(=O)OCC1c2ccccc2-c2ccccc21)C(=O)N[C@@H](C)C(=O)NCC=O. The summed E-state index contributed by atoms with van der Waals surface area (Å²) in [6.45, 7) is 2.98. The molecule has 2 atom stereocenters. The fourth-order valence-electron chi connectivity index (χ4n) is 3.58. The van der Waals surface area contributed by atoms with E-state index in [1.165, 1.54) is 13.8 Å². The number of carbonyl (C=O) groups is 4. The Labute approximate surface area is 180 Å². The summed E-state index contributed by atoms with van der Waals surface area (Å²) in [5, 5.41) is 7.31. The van der Waals surface area contributed by atoms with Gasteiger partial charge in [-0.15, -0.1) is 0 Å². The molecule has 0 fully saturated rings. The van der Waals surface area contributed by atoms with Crippen molar-refractivity contribution in [1.29, 1.82) is 0 Å². The summed E-state index contributed by atoms with van der Waals surface area (Å²) in [6.07, 6.45) is -0.170. The molecule has 0 spiro atoms. The molecule has 3 amide bonds. The monoisotopic (exact) mass is 423 g/mol. The van der Waals surface area contributed by atoms with Gasteiger partial charge in [-0.25, -0.2) is 4.79 Å². The van der Waals surface area contributed by atoms with Crippen molar-refractivity contribution in [2.75, 3.05) is 13.2 Å². The van der Waals surface area contributed by atoms with Crippen molar-refractivity contribution in [2.45, 2.75) is 31.8 Å². The molecule has 0 radical (unpaired) electrons. The Bertz CT molecular complexity index is 945. The predicted molar refractivity (Wildman–Crippen MR) is 114 cm³/mol. The number of ether oxygens (including phenoxy) is 1. The lowest BCUT2D eigenvalue weighted by molar-refractivity contribution is -0.129. The third kappa shape index (κ3) is 5.09. The first-order valence-corrected chi connectivity index (χ1v) is 10.1. The number of hydrogen-bond acceptors (Lipinski definition) is 5. The number of hydrogen-bond donors (Lipinski definition) is 3. The molecule has 0 aliphatic heterocycles. The van der Waals surface area contributed by atoms with Crippen molar-refractivity contribution >= 4 is 24.2 Å². The van der Waals surface area contributed by atoms with Crippen LogP contribution in [0.25, 0.3) is 11.1 Å². The van der Waals surface area contributed by atoms with Gasteiger partial charge >= 0.3 is 6.09 Å². The second-order valence-electron chi connectivity index (χ2n) is 7.33. The number of nitrogens with one attached hydrogen (secondary N) is 3. The van der Waals surface area contributed by atoms with Gasteiger partial charge in [-0.05, 0) is 36.1 Å². The van der Waals surface area contributed by atoms with E-state index in [1.54, 1.807) is 0 Å². The molecule has 3 N–H and O–H groups in total. The number of aldehydes is 1. The van der Waals surface area contributed by atoms with Crippen LogP contribution in [0, 0.1) is 0 Å². The first-order valence-electron chi connectivity index (χ1n) is 10.1. The molecule has 0 heterocycles. The Morgan fingerprint density at radius 3 is 2.03 bits per heavy atom. The maximum absolute atomic E-state index is 12.3. The molecule has 2 aromatic rings. The summed E-state index contributed by atoms with van der Waals surface area (Å²) in [4.78, 5) is 46.5. The lowest BCUT2D eigenvalue weighted by Crippen LogP contribution is -2.52. The van der Waals surface area contributed by atoms with Crippen molar-refractivity contribution < 1.29 is 23.9 Å². The number of rotatable bonds is 8. The quantitative estimate of drug-likeness (QED) is 0.560. The maximum atomic E-state index is 12.3. The van der Waals surface area contributed by atoms with E-state index in [-0.39, 0.29) is 19.1 Å². The van der Waals surface area contributed by atoms with Crippen LogP contribution >= 0.6 is 0 Å². The summed E-state index contributed by atoms with van der Waals surface area (Å²) in [6, 6.07) is 14.3. The average Bonchev–Trinajstić information content (AvgIpc) is 3.09. The Morgan fingerprint density at radius 2 is 1.45 bits per heavy atom. The summed E-state index contributed by atoms with van der Waals surface area (Å²) in [5.41, 5.74) is 4.44. The Kier molecular flexibility index (Phi) is 7.02. The van der Waals surface area contributed by atoms with Crippen molar-refractivity contribution in [3.05, 3.63) is 59.7 Å². The Hall–Kier alpha value is -3.68. The minimum atomic E-state index is -0.906. The minimum absolute atomic E-state index is 0.0798. The van der Waals surface area contributed by atoms with Crippen LogP contribution in [0.1, 0.15) is 30.9 Å². The highest BCUT2D eigenvalue weighted by Gasteiger charge is 2.29. The Balaban J connectivity index is 1.54. The van der Waals surface area contributed by atoms with Gasteiger partial charge in [-0.3, -0.25) is 9.59 Å². The van der Waals surface area contributed by atoms with Gasteiger partial charge in [0.25, 0.3) is 0 Å². The normalized spacial score (nSPS) is 13.9. The van der Waals surface area contributed by atoms with Crippen molar-refractivity contribution in [3.8, 4) is 11.1 Å². The largest absolute Gasteiger partial charge is 0.449 e. The minimum Gasteiger partial charge on any atom is -0.449 e. The molecule has 0 saturated carbocycles. The molecule has 8 nitrogen and oxygen atoms in total. The highest BCUT2D eigenvalue weighted by atomic mass is 16.5. The highest BCUT2D eigenvalue weighted by molar-refractivity contribution is 5.91. The van der Waals surface area contributed by atoms with Gasteiger partial charge in [0.05, 0.1) is 6.54 Å². The number of carbonyl (C=O) groups excluding carboxylic acids is 4. The van der Waals surface area contributed by atoms with Gasteiger partial charge < -0.3 is 25.5 Å². The first-order chi connectivity index (χ1) is 14.9. The van der Waals surface area contributed by atoms with E-state index in [2.05, 4.69) is 16.0 Å². The van der Waals surface area contributed by atoms with Gasteiger partial charge in [0.2, 0.25) is 11.8 Å². The van der Waals surface area contributed by atoms with Gasteiger partial charge in [0.15, 0.2) is 0 Å². The van der Waals surface area contributed by atoms with Crippen LogP contribution in [-0.2, 0) is 19.1 Å². The molecule has 31 heavy (non-hydrogen) atoms. The molecule has 3 rings (SSSR count). The molecule has 8 heteroatoms. The molecular weight excluding hydrogens is 398 g/mol. The van der Waals surface area contributed by atoms with E-state index in [4.69, 9.17) is 4.74 Å². The smallest absolute Gasteiger partial charge is 0.407 e. The summed E-state index contributed by atoms with van der Waals surface area (Å²) < 4.78 is 5.42. The molecule has 0 bridgehead atoms. The van der Waals surface area contributed by atoms with Crippen LogP contribution in [0.15, 0.2) is 48.5 Å². The highest BCUT2D eigenvalue weighted by Crippen LogP contribution is 2.44. The standard InChI is InChI=1S/C23H25N3O5/c1-14(21(28)24-11-12-27)25-22(29)15(2)26-23(30)31-13-20-18-9-5-3-7-16(18)17-8-4-6-10-19(17)20/h3-10,12,14-15,20H,11,13H2,1-2H3,(H,24,28)(H,25,29)(H,26,30)/t14-,15-/m0/s1. The maximum Gasteiger partial charge on any atom is 0.407 e. The van der Waals surface area contributed by atoms with Crippen LogP contribution in [0.2, 0.25) is 0 Å². The zero-order valence-electron chi connectivity index (χ0n) is 17.4. The third-order valence-electron chi connectivity index (χ3n) is 5.18. The molecule has 1 aliphatic carbocycles. The second-order valence-corrected chi connectivity index (χ2v) is 7.33. The third-order valence-corrected chi connectivity index (χ3v) is 5.18. The van der Waals surface area contributed by atoms with E-state index < -0.39 is 30.0 Å². The molecule has 0 unspecified atom stereocenters. The molecule has 0 aromatic heterocycles. The van der Waals surface area contributed by atoms with Gasteiger partial charge in [-0.1, -0.05) is 48.5 Å². The van der Waals surface area contributed by atoms with Gasteiger partial charge in [0, 0.05) is 5.92 Å². The summed E-state index contributed by atoms with van der Waals surface area (Å²) in [7, 11) is 0. The zero-order valence-corrected chi connectivity index (χ0v) is 17.4. The van der Waals surface area contributed by atoms with E-state index in [9.17, 15) is 19.2 Å². The first kappa shape index (κ1) is 22.0. The summed E-state index contributed by atoms with van der Waals surface area (Å²) in [5.74, 6) is -1.11. The fraction of sp³-hybridized carbons (Fsp3) is 0.304. The van der Waals surface area contributed by atoms with E-state index in [0.717, 1.165) is 22.3 Å². The van der Waals surface area contributed by atoms with E-state index >= 15 is 0 Å². The number of amides is 3. The van der Waals surface area contributed by atoms with E-state index in [1.807, 2.05) is 48.5 Å². The van der Waals surface area contributed by atoms with Crippen LogP contribution in [0.5, 0.6) is 0 Å². The predicted octanol–water partition coefficient (Wildman–Crippen LogP) is 1.73. The molecule has 1 aliphatic rings. The van der Waals surface area contributed by atoms with Crippen molar-refractivity contribution in [2.24, 2.45) is 0 Å². The Morgan fingerprint density at radius 1 is 0.903 bits per heavy atom. The van der Waals surface area contributed by atoms with Crippen molar-refractivity contribution in [1.82, 2.24) is 16.0 Å². The number of alkyl carbamates (subject to hydrolysis) is 1. The summed E-state index contributed by atoms with van der Waals surface area (Å²) >= 11 is 0.